The first-order chi connectivity index (χ1) is 6.25. The molecule has 0 aliphatic heterocycles. The van der Waals surface area contributed by atoms with Crippen molar-refractivity contribution in [2.24, 2.45) is 11.1 Å². The summed E-state index contributed by atoms with van der Waals surface area (Å²) in [5.74, 6) is 0.425. The molecule has 1 aliphatic rings. The van der Waals surface area contributed by atoms with Crippen molar-refractivity contribution >= 4 is 5.78 Å². The number of hydrogen-bond donors (Lipinski definition) is 1. The minimum absolute atomic E-state index is 0.116. The number of rotatable bonds is 5. The van der Waals surface area contributed by atoms with Gasteiger partial charge in [-0.1, -0.05) is 26.2 Å². The Labute approximate surface area is 80.9 Å². The van der Waals surface area contributed by atoms with Gasteiger partial charge in [0.2, 0.25) is 0 Å². The summed E-state index contributed by atoms with van der Waals surface area (Å²) in [7, 11) is 0. The molecule has 0 unspecified atom stereocenters. The minimum atomic E-state index is -0.116. The molecule has 2 N–H and O–H groups in total. The molecule has 0 saturated heterocycles. The Morgan fingerprint density at radius 3 is 2.46 bits per heavy atom. The Morgan fingerprint density at radius 1 is 1.38 bits per heavy atom. The molecule has 0 amide bonds. The highest BCUT2D eigenvalue weighted by Gasteiger charge is 2.38. The van der Waals surface area contributed by atoms with E-state index in [1.54, 1.807) is 0 Å². The number of Topliss-reactive ketones (excluding diaryl/α,β-unsaturated/α-hetero) is 1. The van der Waals surface area contributed by atoms with Gasteiger partial charge in [-0.3, -0.25) is 4.79 Å². The van der Waals surface area contributed by atoms with Crippen molar-refractivity contribution in [3.63, 3.8) is 0 Å². The van der Waals surface area contributed by atoms with Crippen LogP contribution in [0, 0.1) is 5.41 Å². The molecule has 13 heavy (non-hydrogen) atoms. The number of carbonyl (C=O) groups excluding carboxylic acids is 1. The van der Waals surface area contributed by atoms with Crippen molar-refractivity contribution < 1.29 is 4.79 Å². The second-order valence-electron chi connectivity index (χ2n) is 4.22. The largest absolute Gasteiger partial charge is 0.329 e. The molecule has 0 atom stereocenters. The molecule has 0 aromatic rings. The fraction of sp³-hybridized carbons (Fsp3) is 0.909. The van der Waals surface area contributed by atoms with Crippen molar-refractivity contribution in [1.29, 1.82) is 0 Å². The second kappa shape index (κ2) is 4.75. The van der Waals surface area contributed by atoms with Gasteiger partial charge in [0.15, 0.2) is 0 Å². The summed E-state index contributed by atoms with van der Waals surface area (Å²) in [4.78, 5) is 11.9. The molecule has 0 heterocycles. The van der Waals surface area contributed by atoms with E-state index in [4.69, 9.17) is 5.73 Å². The molecule has 0 spiro atoms. The molecule has 1 fully saturated rings. The fourth-order valence-corrected chi connectivity index (χ4v) is 2.25. The van der Waals surface area contributed by atoms with E-state index in [2.05, 4.69) is 6.92 Å². The zero-order valence-electron chi connectivity index (χ0n) is 8.64. The average molecular weight is 183 g/mol. The lowest BCUT2D eigenvalue weighted by molar-refractivity contribution is -0.128. The van der Waals surface area contributed by atoms with Gasteiger partial charge < -0.3 is 5.73 Å². The van der Waals surface area contributed by atoms with Crippen LogP contribution in [0.25, 0.3) is 0 Å². The molecule has 2 nitrogen and oxygen atoms in total. The van der Waals surface area contributed by atoms with E-state index in [0.717, 1.165) is 32.1 Å². The van der Waals surface area contributed by atoms with E-state index >= 15 is 0 Å². The van der Waals surface area contributed by atoms with Crippen molar-refractivity contribution in [3.8, 4) is 0 Å². The van der Waals surface area contributed by atoms with Crippen LogP contribution in [0.2, 0.25) is 0 Å². The van der Waals surface area contributed by atoms with Crippen molar-refractivity contribution in [2.75, 3.05) is 6.54 Å². The normalized spacial score (nSPS) is 20.5. The molecule has 0 radical (unpaired) electrons. The Bertz CT molecular complexity index is 171. The van der Waals surface area contributed by atoms with Crippen LogP contribution in [0.15, 0.2) is 0 Å². The summed E-state index contributed by atoms with van der Waals surface area (Å²) in [5.41, 5.74) is 5.60. The molecule has 2 heteroatoms. The molecule has 0 bridgehead atoms. The third-order valence-corrected chi connectivity index (χ3v) is 3.30. The maximum absolute atomic E-state index is 11.9. The Morgan fingerprint density at radius 2 is 2.00 bits per heavy atom. The molecule has 1 aliphatic carbocycles. The van der Waals surface area contributed by atoms with Gasteiger partial charge in [-0.2, -0.15) is 0 Å². The van der Waals surface area contributed by atoms with E-state index < -0.39 is 0 Å². The van der Waals surface area contributed by atoms with Crippen LogP contribution in [0.5, 0.6) is 0 Å². The maximum Gasteiger partial charge on any atom is 0.140 e. The first-order valence-corrected chi connectivity index (χ1v) is 5.48. The van der Waals surface area contributed by atoms with Gasteiger partial charge in [-0.05, 0) is 19.3 Å². The zero-order valence-corrected chi connectivity index (χ0v) is 8.64. The fourth-order valence-electron chi connectivity index (χ4n) is 2.25. The summed E-state index contributed by atoms with van der Waals surface area (Å²) in [6.07, 6.45) is 7.32. The zero-order chi connectivity index (χ0) is 9.73. The van der Waals surface area contributed by atoms with Gasteiger partial charge in [0.25, 0.3) is 0 Å². The summed E-state index contributed by atoms with van der Waals surface area (Å²) in [6, 6.07) is 0. The Balaban J connectivity index is 2.49. The van der Waals surface area contributed by atoms with E-state index in [0.29, 0.717) is 12.3 Å². The second-order valence-corrected chi connectivity index (χ2v) is 4.22. The highest BCUT2D eigenvalue weighted by Crippen LogP contribution is 2.39. The van der Waals surface area contributed by atoms with Crippen LogP contribution in [-0.4, -0.2) is 12.3 Å². The molecule has 76 valence electrons. The monoisotopic (exact) mass is 183 g/mol. The topological polar surface area (TPSA) is 43.1 Å². The van der Waals surface area contributed by atoms with Gasteiger partial charge in [0, 0.05) is 18.4 Å². The van der Waals surface area contributed by atoms with E-state index in [9.17, 15) is 4.79 Å². The number of hydrogen-bond acceptors (Lipinski definition) is 2. The van der Waals surface area contributed by atoms with Gasteiger partial charge in [0.1, 0.15) is 5.78 Å². The number of ketones is 1. The standard InChI is InChI=1S/C11H21NO/c1-2-3-6-10(13)11(9-12)7-4-5-8-11/h2-9,12H2,1H3. The Hall–Kier alpha value is -0.370. The third kappa shape index (κ3) is 2.31. The Kier molecular flexibility index (Phi) is 3.91. The summed E-state index contributed by atoms with van der Waals surface area (Å²) < 4.78 is 0. The van der Waals surface area contributed by atoms with E-state index in [1.165, 1.54) is 12.8 Å². The average Bonchev–Trinajstić information content (AvgIpc) is 2.63. The van der Waals surface area contributed by atoms with Gasteiger partial charge >= 0.3 is 0 Å². The predicted octanol–water partition coefficient (Wildman–Crippen LogP) is 2.26. The SMILES string of the molecule is CCCCC(=O)C1(CN)CCCC1. The van der Waals surface area contributed by atoms with Crippen LogP contribution >= 0.6 is 0 Å². The lowest BCUT2D eigenvalue weighted by Crippen LogP contribution is -2.35. The number of nitrogens with two attached hydrogens (primary N) is 1. The van der Waals surface area contributed by atoms with Crippen LogP contribution in [0.4, 0.5) is 0 Å². The lowest BCUT2D eigenvalue weighted by atomic mass is 9.80. The minimum Gasteiger partial charge on any atom is -0.329 e. The lowest BCUT2D eigenvalue weighted by Gasteiger charge is -2.25. The molecule has 1 rings (SSSR count). The summed E-state index contributed by atoms with van der Waals surface area (Å²) in [5, 5.41) is 0. The van der Waals surface area contributed by atoms with Gasteiger partial charge in [0.05, 0.1) is 0 Å². The quantitative estimate of drug-likeness (QED) is 0.710. The maximum atomic E-state index is 11.9. The molecule has 1 saturated carbocycles. The van der Waals surface area contributed by atoms with Crippen molar-refractivity contribution in [2.45, 2.75) is 51.9 Å². The summed E-state index contributed by atoms with van der Waals surface area (Å²) >= 11 is 0. The summed E-state index contributed by atoms with van der Waals surface area (Å²) in [6.45, 7) is 2.69. The number of carbonyl (C=O) groups is 1. The highest BCUT2D eigenvalue weighted by molar-refractivity contribution is 5.85. The van der Waals surface area contributed by atoms with E-state index in [1.807, 2.05) is 0 Å². The highest BCUT2D eigenvalue weighted by atomic mass is 16.1. The predicted molar refractivity (Wildman–Crippen MR) is 54.5 cm³/mol. The molecular formula is C11H21NO. The van der Waals surface area contributed by atoms with Crippen LogP contribution in [0.3, 0.4) is 0 Å². The molecule has 0 aromatic heterocycles. The van der Waals surface area contributed by atoms with Crippen LogP contribution in [-0.2, 0) is 4.79 Å². The van der Waals surface area contributed by atoms with Crippen LogP contribution in [0.1, 0.15) is 51.9 Å². The smallest absolute Gasteiger partial charge is 0.140 e. The third-order valence-electron chi connectivity index (χ3n) is 3.30. The van der Waals surface area contributed by atoms with Crippen molar-refractivity contribution in [3.05, 3.63) is 0 Å². The van der Waals surface area contributed by atoms with E-state index in [-0.39, 0.29) is 5.41 Å². The number of unbranched alkanes of at least 4 members (excludes halogenated alkanes) is 1. The first kappa shape index (κ1) is 10.7. The van der Waals surface area contributed by atoms with Crippen LogP contribution < -0.4 is 5.73 Å². The van der Waals surface area contributed by atoms with Gasteiger partial charge in [-0.15, -0.1) is 0 Å². The first-order valence-electron chi connectivity index (χ1n) is 5.48. The van der Waals surface area contributed by atoms with Crippen molar-refractivity contribution in [1.82, 2.24) is 0 Å². The van der Waals surface area contributed by atoms with Gasteiger partial charge in [-0.25, -0.2) is 0 Å². The molecular weight excluding hydrogens is 162 g/mol. The molecule has 0 aromatic carbocycles.